The van der Waals surface area contributed by atoms with Crippen LogP contribution in [0.2, 0.25) is 0 Å². The summed E-state index contributed by atoms with van der Waals surface area (Å²) in [4.78, 5) is 28.1. The summed E-state index contributed by atoms with van der Waals surface area (Å²) < 4.78 is 45.3. The molecule has 0 spiro atoms. The largest absolute Gasteiger partial charge is 0.382 e. The molecule has 2 fully saturated rings. The van der Waals surface area contributed by atoms with Crippen molar-refractivity contribution in [2.24, 2.45) is 0 Å². The minimum absolute atomic E-state index is 0.00237. The van der Waals surface area contributed by atoms with Gasteiger partial charge in [-0.05, 0) is 39.2 Å². The SMILES string of the molecule is CO[C@H]1CCN(c2nccc(Nc3cc(NC(C)C)c(C(=O)Nc4cnn(S(=O)(=O)C5CC5)c4)cn3)n2)C[C@H]1F. The molecule has 5 rings (SSSR count). The first kappa shape index (κ1) is 27.7. The number of methoxy groups -OCH3 is 1. The van der Waals surface area contributed by atoms with E-state index >= 15 is 0 Å². The summed E-state index contributed by atoms with van der Waals surface area (Å²) in [5, 5.41) is 12.6. The lowest BCUT2D eigenvalue weighted by atomic mass is 10.1. The van der Waals surface area contributed by atoms with Crippen LogP contribution >= 0.6 is 0 Å². The number of halogens is 1. The maximum atomic E-state index is 14.4. The molecular weight excluding hydrogens is 541 g/mol. The Hall–Kier alpha value is -3.85. The molecule has 0 unspecified atom stereocenters. The van der Waals surface area contributed by atoms with Crippen molar-refractivity contribution in [3.63, 3.8) is 0 Å². The van der Waals surface area contributed by atoms with Gasteiger partial charge in [-0.1, -0.05) is 0 Å². The first-order chi connectivity index (χ1) is 19.1. The number of amides is 1. The first-order valence-electron chi connectivity index (χ1n) is 13.0. The Morgan fingerprint density at radius 2 is 1.98 bits per heavy atom. The van der Waals surface area contributed by atoms with Crippen LogP contribution in [0.5, 0.6) is 0 Å². The van der Waals surface area contributed by atoms with Crippen LogP contribution < -0.4 is 20.9 Å². The summed E-state index contributed by atoms with van der Waals surface area (Å²) in [6.07, 6.45) is 5.77. The van der Waals surface area contributed by atoms with Gasteiger partial charge >= 0.3 is 0 Å². The molecule has 15 heteroatoms. The minimum atomic E-state index is -3.54. The number of hydrogen-bond donors (Lipinski definition) is 3. The van der Waals surface area contributed by atoms with E-state index in [0.29, 0.717) is 49.1 Å². The van der Waals surface area contributed by atoms with Crippen LogP contribution in [0.3, 0.4) is 0 Å². The summed E-state index contributed by atoms with van der Waals surface area (Å²) in [6, 6.07) is 3.35. The molecule has 214 valence electrons. The number of rotatable bonds is 10. The molecule has 1 aliphatic carbocycles. The predicted molar refractivity (Wildman–Crippen MR) is 148 cm³/mol. The lowest BCUT2D eigenvalue weighted by molar-refractivity contribution is 0.0194. The van der Waals surface area contributed by atoms with Gasteiger partial charge in [-0.3, -0.25) is 4.79 Å². The molecule has 0 aromatic carbocycles. The molecule has 3 N–H and O–H groups in total. The molecule has 0 radical (unpaired) electrons. The molecule has 13 nitrogen and oxygen atoms in total. The Bertz CT molecular complexity index is 1480. The molecule has 0 bridgehead atoms. The average Bonchev–Trinajstić information content (AvgIpc) is 3.68. The van der Waals surface area contributed by atoms with E-state index < -0.39 is 33.5 Å². The van der Waals surface area contributed by atoms with Crippen molar-refractivity contribution in [1.82, 2.24) is 24.1 Å². The Balaban J connectivity index is 1.31. The number of pyridine rings is 1. The first-order valence-corrected chi connectivity index (χ1v) is 14.5. The number of anilines is 5. The van der Waals surface area contributed by atoms with Crippen LogP contribution in [0.4, 0.5) is 33.3 Å². The van der Waals surface area contributed by atoms with Crippen LogP contribution in [0.1, 0.15) is 43.5 Å². The van der Waals surface area contributed by atoms with Crippen molar-refractivity contribution in [2.75, 3.05) is 41.0 Å². The number of ether oxygens (including phenoxy) is 1. The average molecular weight is 574 g/mol. The number of aromatic nitrogens is 5. The van der Waals surface area contributed by atoms with Gasteiger partial charge in [0.05, 0.1) is 47.2 Å². The van der Waals surface area contributed by atoms with Crippen LogP contribution in [-0.2, 0) is 14.8 Å². The van der Waals surface area contributed by atoms with Crippen LogP contribution in [0.25, 0.3) is 0 Å². The van der Waals surface area contributed by atoms with Crippen molar-refractivity contribution in [3.8, 4) is 0 Å². The number of carbonyl (C=O) groups is 1. The fourth-order valence-electron chi connectivity index (χ4n) is 4.39. The zero-order valence-electron chi connectivity index (χ0n) is 22.4. The van der Waals surface area contributed by atoms with E-state index in [-0.39, 0.29) is 23.8 Å². The number of piperidine rings is 1. The van der Waals surface area contributed by atoms with E-state index in [0.717, 1.165) is 4.09 Å². The maximum absolute atomic E-state index is 14.4. The van der Waals surface area contributed by atoms with Gasteiger partial charge in [-0.2, -0.15) is 14.2 Å². The third-order valence-corrected chi connectivity index (χ3v) is 8.62. The van der Waals surface area contributed by atoms with Gasteiger partial charge in [-0.25, -0.2) is 22.8 Å². The lowest BCUT2D eigenvalue weighted by Gasteiger charge is -2.33. The molecular formula is C25H32FN9O4S. The third-order valence-electron chi connectivity index (χ3n) is 6.58. The molecule has 1 aliphatic heterocycles. The highest BCUT2D eigenvalue weighted by Crippen LogP contribution is 2.30. The topological polar surface area (TPSA) is 156 Å². The Morgan fingerprint density at radius 1 is 1.18 bits per heavy atom. The standard InChI is InChI=1S/C25H32FN9O4S/c1-15(2)30-20-10-23(32-22-6-8-27-25(33-22)34-9-7-21(39-3)19(26)14-34)28-12-18(20)24(36)31-16-11-29-35(13-16)40(37,38)17-4-5-17/h6,8,10-13,15,17,19,21H,4-5,7,9,14H2,1-3H3,(H,31,36)(H2,27,28,30,32,33)/t19-,21+/m1/s1. The van der Waals surface area contributed by atoms with E-state index in [1.807, 2.05) is 13.8 Å². The van der Waals surface area contributed by atoms with Crippen molar-refractivity contribution in [1.29, 1.82) is 0 Å². The van der Waals surface area contributed by atoms with Crippen molar-refractivity contribution < 1.29 is 22.3 Å². The molecule has 3 aromatic rings. The maximum Gasteiger partial charge on any atom is 0.259 e. The van der Waals surface area contributed by atoms with Crippen LogP contribution in [-0.4, -0.2) is 82.2 Å². The Kier molecular flexibility index (Phi) is 7.85. The highest BCUT2D eigenvalue weighted by atomic mass is 32.2. The monoisotopic (exact) mass is 573 g/mol. The molecule has 1 saturated carbocycles. The summed E-state index contributed by atoms with van der Waals surface area (Å²) >= 11 is 0. The quantitative estimate of drug-likeness (QED) is 0.328. The number of carbonyl (C=O) groups excluding carboxylic acids is 1. The zero-order valence-corrected chi connectivity index (χ0v) is 23.2. The number of hydrogen-bond acceptors (Lipinski definition) is 11. The summed E-state index contributed by atoms with van der Waals surface area (Å²) in [5.74, 6) is 0.797. The molecule has 2 aliphatic rings. The zero-order chi connectivity index (χ0) is 28.4. The normalized spacial score (nSPS) is 19.5. The van der Waals surface area contributed by atoms with Gasteiger partial charge in [0.1, 0.15) is 17.8 Å². The van der Waals surface area contributed by atoms with Gasteiger partial charge in [0, 0.05) is 38.2 Å². The molecule has 3 aromatic heterocycles. The highest BCUT2D eigenvalue weighted by Gasteiger charge is 2.37. The smallest absolute Gasteiger partial charge is 0.259 e. The third kappa shape index (κ3) is 6.14. The van der Waals surface area contributed by atoms with Crippen LogP contribution in [0.15, 0.2) is 36.9 Å². The fraction of sp³-hybridized carbons (Fsp3) is 0.480. The summed E-state index contributed by atoms with van der Waals surface area (Å²) in [5.41, 5.74) is 1.03. The molecule has 4 heterocycles. The second-order valence-corrected chi connectivity index (χ2v) is 12.2. The molecule has 40 heavy (non-hydrogen) atoms. The summed E-state index contributed by atoms with van der Waals surface area (Å²) in [6.45, 7) is 4.57. The van der Waals surface area contributed by atoms with Gasteiger partial charge in [0.25, 0.3) is 15.9 Å². The number of nitrogens with zero attached hydrogens (tertiary/aromatic N) is 6. The Morgan fingerprint density at radius 3 is 2.67 bits per heavy atom. The second-order valence-electron chi connectivity index (χ2n) is 10.1. The van der Waals surface area contributed by atoms with Crippen molar-refractivity contribution in [3.05, 3.63) is 42.5 Å². The Labute approximate surface area is 231 Å². The van der Waals surface area contributed by atoms with E-state index in [9.17, 15) is 17.6 Å². The fourth-order valence-corrected chi connectivity index (χ4v) is 5.87. The van der Waals surface area contributed by atoms with E-state index in [1.54, 1.807) is 23.2 Å². The van der Waals surface area contributed by atoms with E-state index in [2.05, 4.69) is 36.0 Å². The molecule has 1 amide bonds. The van der Waals surface area contributed by atoms with Gasteiger partial charge < -0.3 is 25.6 Å². The van der Waals surface area contributed by atoms with E-state index in [1.165, 1.54) is 25.7 Å². The number of alkyl halides is 1. The van der Waals surface area contributed by atoms with E-state index in [4.69, 9.17) is 4.74 Å². The highest BCUT2D eigenvalue weighted by molar-refractivity contribution is 7.90. The van der Waals surface area contributed by atoms with Crippen molar-refractivity contribution in [2.45, 2.75) is 56.7 Å². The molecule has 1 saturated heterocycles. The lowest BCUT2D eigenvalue weighted by Crippen LogP contribution is -2.46. The van der Waals surface area contributed by atoms with Crippen LogP contribution in [0, 0.1) is 0 Å². The summed E-state index contributed by atoms with van der Waals surface area (Å²) in [7, 11) is -2.03. The van der Waals surface area contributed by atoms with Gasteiger partial charge in [-0.15, -0.1) is 0 Å². The molecule has 2 atom stereocenters. The van der Waals surface area contributed by atoms with Gasteiger partial charge in [0.2, 0.25) is 5.95 Å². The number of nitrogens with one attached hydrogen (secondary N) is 3. The van der Waals surface area contributed by atoms with Crippen molar-refractivity contribution >= 4 is 44.9 Å². The predicted octanol–water partition coefficient (Wildman–Crippen LogP) is 2.79. The minimum Gasteiger partial charge on any atom is -0.382 e. The second kappa shape index (κ2) is 11.3. The van der Waals surface area contributed by atoms with Gasteiger partial charge in [0.15, 0.2) is 0 Å².